The zero-order valence-electron chi connectivity index (χ0n) is 11.8. The van der Waals surface area contributed by atoms with E-state index < -0.39 is 0 Å². The number of amides is 1. The third-order valence-electron chi connectivity index (χ3n) is 3.57. The van der Waals surface area contributed by atoms with E-state index in [1.807, 2.05) is 37.3 Å². The van der Waals surface area contributed by atoms with Gasteiger partial charge in [-0.05, 0) is 24.6 Å². The summed E-state index contributed by atoms with van der Waals surface area (Å²) in [7, 11) is 0. The lowest BCUT2D eigenvalue weighted by Crippen LogP contribution is -2.48. The van der Waals surface area contributed by atoms with E-state index in [0.717, 1.165) is 36.1 Å². The number of nitrogens with zero attached hydrogens (tertiary/aromatic N) is 1. The van der Waals surface area contributed by atoms with Crippen LogP contribution in [0.2, 0.25) is 0 Å². The van der Waals surface area contributed by atoms with Crippen LogP contribution in [0.5, 0.6) is 0 Å². The summed E-state index contributed by atoms with van der Waals surface area (Å²) in [6, 6.07) is 9.75. The van der Waals surface area contributed by atoms with Crippen LogP contribution in [-0.2, 0) is 0 Å². The highest BCUT2D eigenvalue weighted by atomic mass is 35.5. The monoisotopic (exact) mass is 327 g/mol. The number of pyridine rings is 1. The highest BCUT2D eigenvalue weighted by Gasteiger charge is 2.18. The van der Waals surface area contributed by atoms with Gasteiger partial charge in [0.25, 0.3) is 5.91 Å². The molecule has 6 heteroatoms. The van der Waals surface area contributed by atoms with Crippen molar-refractivity contribution in [1.82, 2.24) is 15.6 Å². The van der Waals surface area contributed by atoms with Gasteiger partial charge in [-0.15, -0.1) is 24.8 Å². The second-order valence-electron chi connectivity index (χ2n) is 5.08. The van der Waals surface area contributed by atoms with Gasteiger partial charge in [0.2, 0.25) is 0 Å². The van der Waals surface area contributed by atoms with Crippen molar-refractivity contribution in [2.75, 3.05) is 19.6 Å². The van der Waals surface area contributed by atoms with Crippen molar-refractivity contribution >= 4 is 41.6 Å². The predicted molar refractivity (Wildman–Crippen MR) is 89.7 cm³/mol. The number of nitrogens with one attached hydrogen (secondary N) is 2. The van der Waals surface area contributed by atoms with Gasteiger partial charge in [-0.25, -0.2) is 4.98 Å². The van der Waals surface area contributed by atoms with Crippen LogP contribution in [0.1, 0.15) is 16.1 Å². The van der Waals surface area contributed by atoms with Crippen LogP contribution in [0.4, 0.5) is 0 Å². The second kappa shape index (κ2) is 7.59. The van der Waals surface area contributed by atoms with Crippen LogP contribution in [0.15, 0.2) is 30.3 Å². The molecule has 2 heterocycles. The minimum atomic E-state index is -0.0826. The van der Waals surface area contributed by atoms with Crippen LogP contribution in [0.25, 0.3) is 10.9 Å². The molecule has 4 nitrogen and oxygen atoms in total. The van der Waals surface area contributed by atoms with Crippen molar-refractivity contribution in [3.05, 3.63) is 41.6 Å². The van der Waals surface area contributed by atoms with Gasteiger partial charge >= 0.3 is 0 Å². The van der Waals surface area contributed by atoms with Gasteiger partial charge in [-0.2, -0.15) is 0 Å². The smallest absolute Gasteiger partial charge is 0.269 e. The summed E-state index contributed by atoms with van der Waals surface area (Å²) in [5.41, 5.74) is 2.46. The summed E-state index contributed by atoms with van der Waals surface area (Å²) < 4.78 is 0. The fraction of sp³-hybridized carbons (Fsp3) is 0.333. The first kappa shape index (κ1) is 17.7. The number of carbonyl (C=O) groups is 1. The van der Waals surface area contributed by atoms with Crippen molar-refractivity contribution in [1.29, 1.82) is 0 Å². The number of aryl methyl sites for hydroxylation is 1. The molecule has 1 amide bonds. The Labute approximate surface area is 136 Å². The van der Waals surface area contributed by atoms with Crippen LogP contribution in [-0.4, -0.2) is 30.5 Å². The Hall–Kier alpha value is -1.36. The maximum absolute atomic E-state index is 12.1. The predicted octanol–water partition coefficient (Wildman–Crippen LogP) is 2.34. The average Bonchev–Trinajstić information content (AvgIpc) is 2.36. The normalized spacial score (nSPS) is 13.8. The van der Waals surface area contributed by atoms with Crippen LogP contribution >= 0.6 is 24.8 Å². The highest BCUT2D eigenvalue weighted by Crippen LogP contribution is 2.17. The number of para-hydroxylation sites is 1. The third kappa shape index (κ3) is 3.84. The number of hydrogen-bond donors (Lipinski definition) is 2. The van der Waals surface area contributed by atoms with Crippen molar-refractivity contribution in [2.24, 2.45) is 5.92 Å². The molecule has 0 aliphatic carbocycles. The van der Waals surface area contributed by atoms with Crippen molar-refractivity contribution in [3.63, 3.8) is 0 Å². The topological polar surface area (TPSA) is 54.0 Å². The van der Waals surface area contributed by atoms with Gasteiger partial charge in [0.05, 0.1) is 5.52 Å². The Morgan fingerprint density at radius 1 is 1.33 bits per heavy atom. The van der Waals surface area contributed by atoms with Crippen LogP contribution in [0, 0.1) is 12.8 Å². The van der Waals surface area contributed by atoms with Gasteiger partial charge in [0.15, 0.2) is 0 Å². The van der Waals surface area contributed by atoms with E-state index in [-0.39, 0.29) is 30.7 Å². The SMILES string of the molecule is Cc1cc(C(=O)NCC2CNC2)nc2ccccc12.Cl.Cl. The standard InChI is InChI=1S/C15H17N3O.2ClH/c1-10-6-14(15(19)17-9-11-7-16-8-11)18-13-5-3-2-4-12(10)13;;/h2-6,11,16H,7-9H2,1H3,(H,17,19);2*1H. The number of carbonyl (C=O) groups excluding carboxylic acids is 1. The molecule has 1 aliphatic rings. The summed E-state index contributed by atoms with van der Waals surface area (Å²) >= 11 is 0. The van der Waals surface area contributed by atoms with Gasteiger partial charge in [0.1, 0.15) is 5.69 Å². The lowest BCUT2D eigenvalue weighted by atomic mass is 10.0. The van der Waals surface area contributed by atoms with Gasteiger partial charge in [0, 0.05) is 30.9 Å². The molecule has 1 fully saturated rings. The van der Waals surface area contributed by atoms with Crippen molar-refractivity contribution < 1.29 is 4.79 Å². The Morgan fingerprint density at radius 2 is 2.05 bits per heavy atom. The zero-order valence-corrected chi connectivity index (χ0v) is 13.4. The molecule has 1 aromatic carbocycles. The quantitative estimate of drug-likeness (QED) is 0.909. The molecule has 1 aromatic heterocycles. The number of halogens is 2. The minimum absolute atomic E-state index is 0. The Balaban J connectivity index is 0.00000110. The number of benzene rings is 1. The molecule has 0 radical (unpaired) electrons. The van der Waals surface area contributed by atoms with Gasteiger partial charge in [-0.3, -0.25) is 4.79 Å². The Kier molecular flexibility index (Phi) is 6.40. The summed E-state index contributed by atoms with van der Waals surface area (Å²) in [5.74, 6) is 0.478. The molecule has 0 spiro atoms. The molecule has 114 valence electrons. The molecular formula is C15H19Cl2N3O. The molecule has 0 bridgehead atoms. The number of rotatable bonds is 3. The molecule has 0 unspecified atom stereocenters. The average molecular weight is 328 g/mol. The molecular weight excluding hydrogens is 309 g/mol. The minimum Gasteiger partial charge on any atom is -0.350 e. The van der Waals surface area contributed by atoms with E-state index in [0.29, 0.717) is 11.6 Å². The molecule has 1 aliphatic heterocycles. The molecule has 0 atom stereocenters. The zero-order chi connectivity index (χ0) is 13.2. The fourth-order valence-electron chi connectivity index (χ4n) is 2.29. The fourth-order valence-corrected chi connectivity index (χ4v) is 2.29. The number of hydrogen-bond acceptors (Lipinski definition) is 3. The van der Waals surface area contributed by atoms with Crippen molar-refractivity contribution in [2.45, 2.75) is 6.92 Å². The first-order valence-electron chi connectivity index (χ1n) is 6.59. The first-order valence-corrected chi connectivity index (χ1v) is 6.59. The lowest BCUT2D eigenvalue weighted by Gasteiger charge is -2.27. The maximum Gasteiger partial charge on any atom is 0.269 e. The van der Waals surface area contributed by atoms with E-state index in [1.54, 1.807) is 0 Å². The maximum atomic E-state index is 12.1. The summed E-state index contributed by atoms with van der Waals surface area (Å²) in [5, 5.41) is 7.24. The van der Waals surface area contributed by atoms with E-state index in [4.69, 9.17) is 0 Å². The van der Waals surface area contributed by atoms with Crippen LogP contribution < -0.4 is 10.6 Å². The summed E-state index contributed by atoms with van der Waals surface area (Å²) in [4.78, 5) is 16.5. The third-order valence-corrected chi connectivity index (χ3v) is 3.57. The molecule has 1 saturated heterocycles. The molecule has 3 rings (SSSR count). The summed E-state index contributed by atoms with van der Waals surface area (Å²) in [6.07, 6.45) is 0. The molecule has 0 saturated carbocycles. The number of fused-ring (bicyclic) bond motifs is 1. The van der Waals surface area contributed by atoms with E-state index >= 15 is 0 Å². The van der Waals surface area contributed by atoms with E-state index in [2.05, 4.69) is 15.6 Å². The van der Waals surface area contributed by atoms with Gasteiger partial charge in [-0.1, -0.05) is 18.2 Å². The Bertz CT molecular complexity index is 629. The highest BCUT2D eigenvalue weighted by molar-refractivity contribution is 5.95. The second-order valence-corrected chi connectivity index (χ2v) is 5.08. The lowest BCUT2D eigenvalue weighted by molar-refractivity contribution is 0.0937. The molecule has 2 aromatic rings. The molecule has 21 heavy (non-hydrogen) atoms. The Morgan fingerprint density at radius 3 is 2.71 bits per heavy atom. The molecule has 2 N–H and O–H groups in total. The van der Waals surface area contributed by atoms with Crippen LogP contribution in [0.3, 0.4) is 0 Å². The number of aromatic nitrogens is 1. The summed E-state index contributed by atoms with van der Waals surface area (Å²) in [6.45, 7) is 4.71. The van der Waals surface area contributed by atoms with E-state index in [9.17, 15) is 4.79 Å². The van der Waals surface area contributed by atoms with E-state index in [1.165, 1.54) is 0 Å². The van der Waals surface area contributed by atoms with Crippen molar-refractivity contribution in [3.8, 4) is 0 Å². The largest absolute Gasteiger partial charge is 0.350 e. The van der Waals surface area contributed by atoms with Gasteiger partial charge < -0.3 is 10.6 Å². The first-order chi connectivity index (χ1) is 9.24.